The van der Waals surface area contributed by atoms with E-state index in [-0.39, 0.29) is 18.5 Å². The van der Waals surface area contributed by atoms with Gasteiger partial charge in [-0.25, -0.2) is 4.79 Å². The molecule has 7 nitrogen and oxygen atoms in total. The molecule has 2 fully saturated rings. The van der Waals surface area contributed by atoms with Crippen molar-refractivity contribution in [3.05, 3.63) is 0 Å². The van der Waals surface area contributed by atoms with Crippen LogP contribution in [0.3, 0.4) is 0 Å². The maximum Gasteiger partial charge on any atom is 0.320 e. The highest BCUT2D eigenvalue weighted by Gasteiger charge is 2.40. The van der Waals surface area contributed by atoms with E-state index < -0.39 is 11.4 Å². The van der Waals surface area contributed by atoms with Crippen molar-refractivity contribution in [2.24, 2.45) is 5.41 Å². The minimum absolute atomic E-state index is 0.0469. The van der Waals surface area contributed by atoms with Gasteiger partial charge in [-0.05, 0) is 19.8 Å². The maximum absolute atomic E-state index is 12.4. The zero-order valence-corrected chi connectivity index (χ0v) is 11.7. The number of nitrogens with zero attached hydrogens (tertiary/aromatic N) is 2. The topological polar surface area (TPSA) is 89.9 Å². The summed E-state index contributed by atoms with van der Waals surface area (Å²) in [5.74, 6) is -0.906. The number of likely N-dealkylation sites (tertiary alicyclic amines) is 1. The second kappa shape index (κ2) is 5.68. The van der Waals surface area contributed by atoms with Crippen molar-refractivity contribution in [2.45, 2.75) is 26.2 Å². The fourth-order valence-electron chi connectivity index (χ4n) is 2.74. The molecule has 0 aliphatic carbocycles. The number of urea groups is 1. The molecule has 3 amide bonds. The summed E-state index contributed by atoms with van der Waals surface area (Å²) in [5.41, 5.74) is -0.867. The van der Waals surface area contributed by atoms with Gasteiger partial charge >= 0.3 is 12.0 Å². The van der Waals surface area contributed by atoms with Gasteiger partial charge in [-0.3, -0.25) is 9.59 Å². The Hall–Kier alpha value is -1.79. The minimum atomic E-state index is -0.867. The second-order valence-electron chi connectivity index (χ2n) is 5.76. The molecule has 0 aromatic heterocycles. The predicted molar refractivity (Wildman–Crippen MR) is 71.1 cm³/mol. The number of hydrogen-bond donors (Lipinski definition) is 2. The number of piperidine rings is 1. The molecule has 0 radical (unpaired) electrons. The Morgan fingerprint density at radius 1 is 1.25 bits per heavy atom. The van der Waals surface area contributed by atoms with E-state index in [9.17, 15) is 19.5 Å². The zero-order chi connectivity index (χ0) is 14.8. The summed E-state index contributed by atoms with van der Waals surface area (Å²) >= 11 is 0. The molecule has 2 heterocycles. The molecule has 0 bridgehead atoms. The van der Waals surface area contributed by atoms with Crippen LogP contribution in [0, 0.1) is 5.41 Å². The van der Waals surface area contributed by atoms with Gasteiger partial charge in [0.15, 0.2) is 0 Å². The molecular weight excluding hydrogens is 262 g/mol. The average Bonchev–Trinajstić information content (AvgIpc) is 2.62. The summed E-state index contributed by atoms with van der Waals surface area (Å²) in [5, 5.41) is 12.0. The number of nitrogens with one attached hydrogen (secondary N) is 1. The molecule has 2 N–H and O–H groups in total. The third-order valence-electron chi connectivity index (χ3n) is 4.07. The number of aliphatic carboxylic acids is 1. The first kappa shape index (κ1) is 14.6. The Morgan fingerprint density at radius 3 is 2.70 bits per heavy atom. The van der Waals surface area contributed by atoms with Crippen molar-refractivity contribution in [3.63, 3.8) is 0 Å². The zero-order valence-electron chi connectivity index (χ0n) is 11.7. The van der Waals surface area contributed by atoms with Crippen LogP contribution in [0.4, 0.5) is 4.79 Å². The lowest BCUT2D eigenvalue weighted by molar-refractivity contribution is -0.150. The largest absolute Gasteiger partial charge is 0.481 e. The predicted octanol–water partition coefficient (Wildman–Crippen LogP) is 0.115. The first-order valence-electron chi connectivity index (χ1n) is 6.96. The molecule has 2 saturated heterocycles. The number of carbonyl (C=O) groups is 3. The summed E-state index contributed by atoms with van der Waals surface area (Å²) in [6.07, 6.45) is 1.58. The lowest BCUT2D eigenvalue weighted by Crippen LogP contribution is -2.53. The van der Waals surface area contributed by atoms with Gasteiger partial charge in [0.2, 0.25) is 5.91 Å². The number of rotatable bonds is 1. The van der Waals surface area contributed by atoms with Crippen molar-refractivity contribution in [3.8, 4) is 0 Å². The van der Waals surface area contributed by atoms with Crippen molar-refractivity contribution >= 4 is 17.9 Å². The Balaban J connectivity index is 2.01. The third-order valence-corrected chi connectivity index (χ3v) is 4.07. The minimum Gasteiger partial charge on any atom is -0.481 e. The van der Waals surface area contributed by atoms with E-state index in [4.69, 9.17) is 0 Å². The van der Waals surface area contributed by atoms with Crippen LogP contribution < -0.4 is 5.32 Å². The molecule has 0 aromatic carbocycles. The highest BCUT2D eigenvalue weighted by Crippen LogP contribution is 2.30. The van der Waals surface area contributed by atoms with Crippen molar-refractivity contribution in [1.29, 1.82) is 0 Å². The molecule has 1 unspecified atom stereocenters. The second-order valence-corrected chi connectivity index (χ2v) is 5.76. The molecule has 0 saturated carbocycles. The van der Waals surface area contributed by atoms with Gasteiger partial charge in [-0.15, -0.1) is 0 Å². The first-order chi connectivity index (χ1) is 9.42. The standard InChI is InChI=1S/C13H21N3O4/c1-13(11(18)19)4-2-6-16(9-13)12(20)15-7-3-10(17)14-5-8-15/h2-9H2,1H3,(H,14,17)(H,18,19). The van der Waals surface area contributed by atoms with Gasteiger partial charge in [-0.2, -0.15) is 0 Å². The van der Waals surface area contributed by atoms with Crippen LogP contribution in [0.5, 0.6) is 0 Å². The number of amides is 3. The SMILES string of the molecule is CC1(C(=O)O)CCCN(C(=O)N2CCNC(=O)CC2)C1. The highest BCUT2D eigenvalue weighted by atomic mass is 16.4. The fraction of sp³-hybridized carbons (Fsp3) is 0.769. The van der Waals surface area contributed by atoms with E-state index in [0.29, 0.717) is 45.4 Å². The molecule has 0 aromatic rings. The first-order valence-corrected chi connectivity index (χ1v) is 6.96. The maximum atomic E-state index is 12.4. The Bertz CT molecular complexity index is 426. The Morgan fingerprint density at radius 2 is 2.00 bits per heavy atom. The van der Waals surface area contributed by atoms with E-state index in [2.05, 4.69) is 5.32 Å². The van der Waals surface area contributed by atoms with Gasteiger partial charge in [0, 0.05) is 39.1 Å². The van der Waals surface area contributed by atoms with E-state index >= 15 is 0 Å². The van der Waals surface area contributed by atoms with Crippen LogP contribution in [-0.2, 0) is 9.59 Å². The van der Waals surface area contributed by atoms with Gasteiger partial charge in [0.05, 0.1) is 5.41 Å². The highest BCUT2D eigenvalue weighted by molar-refractivity contribution is 5.80. The summed E-state index contributed by atoms with van der Waals surface area (Å²) in [7, 11) is 0. The van der Waals surface area contributed by atoms with Gasteiger partial charge in [0.1, 0.15) is 0 Å². The summed E-state index contributed by atoms with van der Waals surface area (Å²) in [6, 6.07) is -0.159. The van der Waals surface area contributed by atoms with Gasteiger partial charge in [0.25, 0.3) is 0 Å². The van der Waals surface area contributed by atoms with Gasteiger partial charge < -0.3 is 20.2 Å². The van der Waals surface area contributed by atoms with Gasteiger partial charge in [-0.1, -0.05) is 0 Å². The van der Waals surface area contributed by atoms with E-state index in [1.165, 1.54) is 0 Å². The lowest BCUT2D eigenvalue weighted by atomic mass is 9.82. The summed E-state index contributed by atoms with van der Waals surface area (Å²) in [6.45, 7) is 3.82. The molecule has 1 atom stereocenters. The van der Waals surface area contributed by atoms with E-state index in [1.54, 1.807) is 16.7 Å². The molecule has 20 heavy (non-hydrogen) atoms. The molecule has 2 aliphatic rings. The lowest BCUT2D eigenvalue weighted by Gasteiger charge is -2.39. The van der Waals surface area contributed by atoms with E-state index in [1.807, 2.05) is 0 Å². The average molecular weight is 283 g/mol. The number of hydrogen-bond acceptors (Lipinski definition) is 3. The Kier molecular flexibility index (Phi) is 4.15. The van der Waals surface area contributed by atoms with Crippen LogP contribution in [0.25, 0.3) is 0 Å². The van der Waals surface area contributed by atoms with Crippen LogP contribution in [-0.4, -0.2) is 65.5 Å². The van der Waals surface area contributed by atoms with Crippen molar-refractivity contribution < 1.29 is 19.5 Å². The molecule has 0 spiro atoms. The third kappa shape index (κ3) is 3.02. The van der Waals surface area contributed by atoms with Crippen molar-refractivity contribution in [1.82, 2.24) is 15.1 Å². The van der Waals surface area contributed by atoms with Crippen molar-refractivity contribution in [2.75, 3.05) is 32.7 Å². The normalized spacial score (nSPS) is 27.8. The molecule has 2 rings (SSSR count). The number of carboxylic acid groups (broad SMARTS) is 1. The number of carbonyl (C=O) groups excluding carboxylic acids is 2. The smallest absolute Gasteiger partial charge is 0.320 e. The van der Waals surface area contributed by atoms with Crippen LogP contribution in [0.15, 0.2) is 0 Å². The molecule has 2 aliphatic heterocycles. The summed E-state index contributed by atoms with van der Waals surface area (Å²) in [4.78, 5) is 38.3. The van der Waals surface area contributed by atoms with Crippen LogP contribution in [0.1, 0.15) is 26.2 Å². The monoisotopic (exact) mass is 283 g/mol. The number of carboxylic acids is 1. The van der Waals surface area contributed by atoms with Crippen LogP contribution in [0.2, 0.25) is 0 Å². The summed E-state index contributed by atoms with van der Waals surface area (Å²) < 4.78 is 0. The molecule has 112 valence electrons. The molecular formula is C13H21N3O4. The Labute approximate surface area is 117 Å². The van der Waals surface area contributed by atoms with E-state index in [0.717, 1.165) is 0 Å². The quantitative estimate of drug-likeness (QED) is 0.715. The fourth-order valence-corrected chi connectivity index (χ4v) is 2.74. The van der Waals surface area contributed by atoms with Crippen LogP contribution >= 0.6 is 0 Å². The molecule has 7 heteroatoms.